The number of esters is 1. The van der Waals surface area contributed by atoms with Gasteiger partial charge in [-0.1, -0.05) is 13.8 Å². The van der Waals surface area contributed by atoms with Gasteiger partial charge in [-0.2, -0.15) is 0 Å². The molecule has 0 bridgehead atoms. The van der Waals surface area contributed by atoms with E-state index < -0.39 is 24.0 Å². The molecule has 7 nitrogen and oxygen atoms in total. The maximum absolute atomic E-state index is 11.6. The largest absolute Gasteiger partial charge is 0.481 e. The Morgan fingerprint density at radius 3 is 2.30 bits per heavy atom. The zero-order valence-corrected chi connectivity index (χ0v) is 13.9. The van der Waals surface area contributed by atoms with Crippen molar-refractivity contribution in [3.63, 3.8) is 0 Å². The van der Waals surface area contributed by atoms with Crippen LogP contribution >= 0.6 is 0 Å². The Bertz CT molecular complexity index is 467. The lowest BCUT2D eigenvalue weighted by Crippen LogP contribution is -2.37. The average molecular weight is 326 g/mol. The van der Waals surface area contributed by atoms with Gasteiger partial charge in [0.1, 0.15) is 18.4 Å². The maximum Gasteiger partial charge on any atom is 0.323 e. The number of ether oxygens (including phenoxy) is 1. The van der Waals surface area contributed by atoms with Crippen molar-refractivity contribution in [2.75, 3.05) is 7.11 Å². The number of carboxylic acid groups (broad SMARTS) is 1. The van der Waals surface area contributed by atoms with Gasteiger partial charge in [0.2, 0.25) is 0 Å². The molecule has 3 unspecified atom stereocenters. The molecule has 3 N–H and O–H groups in total. The summed E-state index contributed by atoms with van der Waals surface area (Å²) >= 11 is 0. The highest BCUT2D eigenvalue weighted by Crippen LogP contribution is 2.38. The molecular weight excluding hydrogens is 300 g/mol. The number of nitrogens with two attached hydrogens (primary N) is 1. The second-order valence-corrected chi connectivity index (χ2v) is 6.31. The Kier molecular flexibility index (Phi) is 7.35. The quantitative estimate of drug-likeness (QED) is 0.391. The van der Waals surface area contributed by atoms with Crippen molar-refractivity contribution >= 4 is 23.9 Å². The number of rotatable bonds is 8. The molecular formula is C16H26N2O5. The van der Waals surface area contributed by atoms with Gasteiger partial charge in [-0.05, 0) is 24.7 Å². The third kappa shape index (κ3) is 5.42. The third-order valence-electron chi connectivity index (χ3n) is 4.49. The molecule has 1 aliphatic rings. The molecule has 23 heavy (non-hydrogen) atoms. The van der Waals surface area contributed by atoms with Gasteiger partial charge in [0.15, 0.2) is 0 Å². The van der Waals surface area contributed by atoms with Crippen molar-refractivity contribution in [2.24, 2.45) is 28.5 Å². The second-order valence-electron chi connectivity index (χ2n) is 6.31. The van der Waals surface area contributed by atoms with Crippen molar-refractivity contribution in [1.82, 2.24) is 0 Å². The van der Waals surface area contributed by atoms with Crippen molar-refractivity contribution in [3.8, 4) is 0 Å². The van der Waals surface area contributed by atoms with E-state index >= 15 is 0 Å². The van der Waals surface area contributed by atoms with E-state index in [1.54, 1.807) is 0 Å². The summed E-state index contributed by atoms with van der Waals surface area (Å²) in [6, 6.07) is -1.82. The van der Waals surface area contributed by atoms with Gasteiger partial charge < -0.3 is 20.4 Å². The lowest BCUT2D eigenvalue weighted by molar-refractivity contribution is -0.142. The molecule has 0 aromatic rings. The van der Waals surface area contributed by atoms with E-state index in [1.807, 2.05) is 0 Å². The minimum absolute atomic E-state index is 0.0990. The Hall–Kier alpha value is -1.76. The van der Waals surface area contributed by atoms with Crippen LogP contribution in [0.15, 0.2) is 4.99 Å². The molecule has 1 rings (SSSR count). The molecule has 0 aromatic heterocycles. The van der Waals surface area contributed by atoms with Gasteiger partial charge in [-0.25, -0.2) is 0 Å². The summed E-state index contributed by atoms with van der Waals surface area (Å²) in [4.78, 5) is 37.9. The highest BCUT2D eigenvalue weighted by atomic mass is 16.5. The Morgan fingerprint density at radius 2 is 1.87 bits per heavy atom. The van der Waals surface area contributed by atoms with Crippen molar-refractivity contribution in [3.05, 3.63) is 0 Å². The summed E-state index contributed by atoms with van der Waals surface area (Å²) in [5, 5.41) is 8.88. The zero-order valence-electron chi connectivity index (χ0n) is 13.9. The van der Waals surface area contributed by atoms with Crippen LogP contribution in [-0.2, 0) is 19.1 Å². The smallest absolute Gasteiger partial charge is 0.323 e. The summed E-state index contributed by atoms with van der Waals surface area (Å²) in [5.74, 6) is -0.828. The molecule has 1 fully saturated rings. The van der Waals surface area contributed by atoms with Crippen molar-refractivity contribution in [1.29, 1.82) is 0 Å². The monoisotopic (exact) mass is 326 g/mol. The van der Waals surface area contributed by atoms with Crippen molar-refractivity contribution < 1.29 is 24.2 Å². The molecule has 4 atom stereocenters. The van der Waals surface area contributed by atoms with E-state index in [1.165, 1.54) is 7.11 Å². The van der Waals surface area contributed by atoms with E-state index in [2.05, 4.69) is 23.6 Å². The maximum atomic E-state index is 11.6. The van der Waals surface area contributed by atoms with Crippen LogP contribution in [0.3, 0.4) is 0 Å². The fourth-order valence-electron chi connectivity index (χ4n) is 3.35. The van der Waals surface area contributed by atoms with Gasteiger partial charge in [-0.3, -0.25) is 14.6 Å². The number of carbonyl (C=O) groups excluding carboxylic acids is 2. The van der Waals surface area contributed by atoms with Crippen LogP contribution in [0.4, 0.5) is 0 Å². The average Bonchev–Trinajstić information content (AvgIpc) is 2.83. The van der Waals surface area contributed by atoms with E-state index in [4.69, 9.17) is 10.8 Å². The Morgan fingerprint density at radius 1 is 1.30 bits per heavy atom. The zero-order chi connectivity index (χ0) is 17.6. The molecule has 130 valence electrons. The first-order chi connectivity index (χ1) is 10.8. The molecule has 0 aliphatic heterocycles. The summed E-state index contributed by atoms with van der Waals surface area (Å²) in [7, 11) is 1.26. The predicted molar refractivity (Wildman–Crippen MR) is 85.2 cm³/mol. The highest BCUT2D eigenvalue weighted by molar-refractivity contribution is 5.93. The van der Waals surface area contributed by atoms with Crippen LogP contribution in [0.1, 0.15) is 39.5 Å². The molecule has 7 heteroatoms. The molecule has 0 spiro atoms. The van der Waals surface area contributed by atoms with E-state index in [-0.39, 0.29) is 18.8 Å². The number of hydrogen-bond donors (Lipinski definition) is 2. The fraction of sp³-hybridized carbons (Fsp3) is 0.750. The van der Waals surface area contributed by atoms with Gasteiger partial charge >= 0.3 is 11.9 Å². The first kappa shape index (κ1) is 19.3. The molecule has 1 saturated carbocycles. The molecule has 0 aromatic carbocycles. The summed E-state index contributed by atoms with van der Waals surface area (Å²) < 4.78 is 4.64. The van der Waals surface area contributed by atoms with Crippen LogP contribution in [0.2, 0.25) is 0 Å². The standard InChI is InChI=1S/C16H26N2O5/c1-9-4-5-10(2)15(9)13(7-12(17)16(22)23-3)18-11(8-19)6-14(20)21/h8-12,15H,4-7,17H2,1-3H3,(H,20,21)/t9?,10?,11-,12?,15?/m0/s1. The number of carbonyl (C=O) groups is 3. The lowest BCUT2D eigenvalue weighted by Gasteiger charge is -2.25. The van der Waals surface area contributed by atoms with Gasteiger partial charge in [-0.15, -0.1) is 0 Å². The first-order valence-corrected chi connectivity index (χ1v) is 7.87. The molecule has 0 amide bonds. The number of nitrogens with zero attached hydrogens (tertiary/aromatic N) is 1. The molecule has 0 radical (unpaired) electrons. The molecule has 1 aliphatic carbocycles. The minimum atomic E-state index is -1.09. The second kappa shape index (κ2) is 8.76. The number of aldehydes is 1. The highest BCUT2D eigenvalue weighted by Gasteiger charge is 2.36. The summed E-state index contributed by atoms with van der Waals surface area (Å²) in [6.45, 7) is 4.20. The van der Waals surface area contributed by atoms with Crippen LogP contribution in [0.25, 0.3) is 0 Å². The van der Waals surface area contributed by atoms with E-state index in [0.29, 0.717) is 23.8 Å². The number of methoxy groups -OCH3 is 1. The van der Waals surface area contributed by atoms with Gasteiger partial charge in [0.05, 0.1) is 13.5 Å². The van der Waals surface area contributed by atoms with Crippen LogP contribution in [0, 0.1) is 17.8 Å². The summed E-state index contributed by atoms with van der Waals surface area (Å²) in [5.41, 5.74) is 6.50. The number of aliphatic carboxylic acids is 1. The minimum Gasteiger partial charge on any atom is -0.481 e. The van der Waals surface area contributed by atoms with Crippen LogP contribution in [0.5, 0.6) is 0 Å². The number of aliphatic imine (C=N–C) groups is 1. The summed E-state index contributed by atoms with van der Waals surface area (Å²) in [6.07, 6.45) is 2.40. The Labute approximate surface area is 136 Å². The third-order valence-corrected chi connectivity index (χ3v) is 4.49. The Balaban J connectivity index is 3.06. The predicted octanol–water partition coefficient (Wildman–Crippen LogP) is 1.04. The number of hydrogen-bond acceptors (Lipinski definition) is 6. The molecule has 0 saturated heterocycles. The lowest BCUT2D eigenvalue weighted by atomic mass is 9.84. The van der Waals surface area contributed by atoms with Crippen molar-refractivity contribution in [2.45, 2.75) is 51.6 Å². The van der Waals surface area contributed by atoms with E-state index in [9.17, 15) is 14.4 Å². The SMILES string of the molecule is COC(=O)C(N)CC(=N[C@H](C=O)CC(=O)O)C1C(C)CCC1C. The van der Waals surface area contributed by atoms with Gasteiger partial charge in [0.25, 0.3) is 0 Å². The fourth-order valence-corrected chi connectivity index (χ4v) is 3.35. The molecule has 0 heterocycles. The first-order valence-electron chi connectivity index (χ1n) is 7.87. The van der Waals surface area contributed by atoms with E-state index in [0.717, 1.165) is 12.8 Å². The van der Waals surface area contributed by atoms with Crippen LogP contribution < -0.4 is 5.73 Å². The van der Waals surface area contributed by atoms with Gasteiger partial charge in [0, 0.05) is 18.1 Å². The topological polar surface area (TPSA) is 119 Å². The number of carboxylic acids is 1. The normalized spacial score (nSPS) is 27.3. The van der Waals surface area contributed by atoms with Crippen LogP contribution in [-0.4, -0.2) is 48.2 Å².